The van der Waals surface area contributed by atoms with Crippen molar-refractivity contribution in [3.63, 3.8) is 0 Å². The number of amides is 1. The summed E-state index contributed by atoms with van der Waals surface area (Å²) < 4.78 is 16.6. The highest BCUT2D eigenvalue weighted by atomic mass is 16.8. The molecule has 1 aliphatic heterocycles. The number of ether oxygens (including phenoxy) is 3. The van der Waals surface area contributed by atoms with Gasteiger partial charge in [0.1, 0.15) is 17.8 Å². The van der Waals surface area contributed by atoms with Crippen LogP contribution in [0.15, 0.2) is 0 Å². The van der Waals surface area contributed by atoms with Crippen molar-refractivity contribution in [2.75, 3.05) is 0 Å². The van der Waals surface area contributed by atoms with Gasteiger partial charge in [0.05, 0.1) is 12.1 Å². The average molecular weight is 273 g/mol. The van der Waals surface area contributed by atoms with Crippen molar-refractivity contribution >= 4 is 6.09 Å². The summed E-state index contributed by atoms with van der Waals surface area (Å²) in [6.07, 6.45) is -1.46. The van der Waals surface area contributed by atoms with E-state index in [9.17, 15) is 9.90 Å². The molecule has 1 saturated heterocycles. The number of fused-ring (bicyclic) bond motifs is 1. The summed E-state index contributed by atoms with van der Waals surface area (Å²) in [7, 11) is 0. The third-order valence-corrected chi connectivity index (χ3v) is 3.14. The SMILES string of the molecule is CC(C)(C)OC(=O)N[C@H]1C[C@@H](O)[C@@H]2OC(C)(C)O[C@@H]21. The van der Waals surface area contributed by atoms with Gasteiger partial charge in [-0.25, -0.2) is 4.79 Å². The molecule has 2 fully saturated rings. The van der Waals surface area contributed by atoms with E-state index < -0.39 is 29.7 Å². The first-order valence-corrected chi connectivity index (χ1v) is 6.61. The Morgan fingerprint density at radius 2 is 1.89 bits per heavy atom. The van der Waals surface area contributed by atoms with E-state index in [1.165, 1.54) is 0 Å². The summed E-state index contributed by atoms with van der Waals surface area (Å²) >= 11 is 0. The zero-order valence-corrected chi connectivity index (χ0v) is 12.1. The molecule has 2 rings (SSSR count). The topological polar surface area (TPSA) is 77.0 Å². The van der Waals surface area contributed by atoms with Crippen molar-refractivity contribution in [3.05, 3.63) is 0 Å². The van der Waals surface area contributed by atoms with E-state index in [4.69, 9.17) is 14.2 Å². The van der Waals surface area contributed by atoms with Gasteiger partial charge in [-0.15, -0.1) is 0 Å². The van der Waals surface area contributed by atoms with Crippen LogP contribution in [0.25, 0.3) is 0 Å². The molecule has 0 aromatic heterocycles. The van der Waals surface area contributed by atoms with Crippen LogP contribution >= 0.6 is 0 Å². The lowest BCUT2D eigenvalue weighted by atomic mass is 10.2. The molecular weight excluding hydrogens is 250 g/mol. The Bertz CT molecular complexity index is 363. The molecule has 0 bridgehead atoms. The number of rotatable bonds is 1. The Morgan fingerprint density at radius 3 is 2.47 bits per heavy atom. The molecule has 6 heteroatoms. The Morgan fingerprint density at radius 1 is 1.32 bits per heavy atom. The van der Waals surface area contributed by atoms with Gasteiger partial charge >= 0.3 is 6.09 Å². The number of aliphatic hydroxyl groups excluding tert-OH is 1. The lowest BCUT2D eigenvalue weighted by Gasteiger charge is -2.25. The van der Waals surface area contributed by atoms with Crippen LogP contribution in [0.4, 0.5) is 4.79 Å². The van der Waals surface area contributed by atoms with Crippen LogP contribution in [-0.2, 0) is 14.2 Å². The first-order chi connectivity index (χ1) is 8.57. The Kier molecular flexibility index (Phi) is 3.53. The van der Waals surface area contributed by atoms with Crippen LogP contribution in [-0.4, -0.2) is 46.9 Å². The van der Waals surface area contributed by atoms with Crippen LogP contribution in [0.2, 0.25) is 0 Å². The van der Waals surface area contributed by atoms with Crippen molar-refractivity contribution in [1.82, 2.24) is 5.32 Å². The maximum absolute atomic E-state index is 11.8. The number of carbonyl (C=O) groups is 1. The lowest BCUT2D eigenvalue weighted by Crippen LogP contribution is -2.45. The molecule has 19 heavy (non-hydrogen) atoms. The number of carbonyl (C=O) groups excluding carboxylic acids is 1. The smallest absolute Gasteiger partial charge is 0.407 e. The largest absolute Gasteiger partial charge is 0.444 e. The standard InChI is InChI=1S/C13H23NO5/c1-12(2,3)19-11(16)14-7-6-8(15)10-9(7)17-13(4,5)18-10/h7-10,15H,6H2,1-5H3,(H,14,16)/t7-,8+,9+,10-/m0/s1. The quantitative estimate of drug-likeness (QED) is 0.750. The first-order valence-electron chi connectivity index (χ1n) is 6.61. The maximum Gasteiger partial charge on any atom is 0.407 e. The van der Waals surface area contributed by atoms with Gasteiger partial charge in [0, 0.05) is 0 Å². The molecule has 6 nitrogen and oxygen atoms in total. The minimum absolute atomic E-state index is 0.295. The number of nitrogens with one attached hydrogen (secondary N) is 1. The van der Waals surface area contributed by atoms with E-state index in [0.29, 0.717) is 6.42 Å². The fraction of sp³-hybridized carbons (Fsp3) is 0.923. The number of hydrogen-bond donors (Lipinski definition) is 2. The molecule has 2 aliphatic rings. The molecule has 4 atom stereocenters. The van der Waals surface area contributed by atoms with Gasteiger partial charge in [-0.05, 0) is 41.0 Å². The number of hydrogen-bond acceptors (Lipinski definition) is 5. The van der Waals surface area contributed by atoms with E-state index >= 15 is 0 Å². The van der Waals surface area contributed by atoms with Gasteiger partial charge < -0.3 is 24.6 Å². The van der Waals surface area contributed by atoms with Crippen molar-refractivity contribution in [1.29, 1.82) is 0 Å². The van der Waals surface area contributed by atoms with Crippen LogP contribution in [0.1, 0.15) is 41.0 Å². The fourth-order valence-electron chi connectivity index (χ4n) is 2.55. The summed E-state index contributed by atoms with van der Waals surface area (Å²) in [4.78, 5) is 11.8. The molecule has 1 heterocycles. The lowest BCUT2D eigenvalue weighted by molar-refractivity contribution is -0.164. The Balaban J connectivity index is 1.97. The van der Waals surface area contributed by atoms with Gasteiger partial charge in [0.15, 0.2) is 5.79 Å². The molecule has 110 valence electrons. The van der Waals surface area contributed by atoms with Crippen molar-refractivity contribution in [2.45, 2.75) is 76.8 Å². The summed E-state index contributed by atoms with van der Waals surface area (Å²) in [5.41, 5.74) is -0.549. The maximum atomic E-state index is 11.8. The predicted molar refractivity (Wildman–Crippen MR) is 67.6 cm³/mol. The summed E-state index contributed by atoms with van der Waals surface area (Å²) in [5.74, 6) is -0.732. The Hall–Kier alpha value is -0.850. The van der Waals surface area contributed by atoms with Crippen LogP contribution in [0.5, 0.6) is 0 Å². The second kappa shape index (κ2) is 4.61. The second-order valence-electron chi connectivity index (χ2n) is 6.62. The number of aliphatic hydroxyl groups is 1. The molecule has 0 aromatic carbocycles. The number of alkyl carbamates (subject to hydrolysis) is 1. The highest BCUT2D eigenvalue weighted by molar-refractivity contribution is 5.68. The molecular formula is C13H23NO5. The third-order valence-electron chi connectivity index (χ3n) is 3.14. The zero-order valence-electron chi connectivity index (χ0n) is 12.1. The second-order valence-corrected chi connectivity index (χ2v) is 6.62. The van der Waals surface area contributed by atoms with E-state index in [1.54, 1.807) is 34.6 Å². The van der Waals surface area contributed by atoms with Crippen molar-refractivity contribution in [2.24, 2.45) is 0 Å². The molecule has 0 aromatic rings. The third kappa shape index (κ3) is 3.38. The highest BCUT2D eigenvalue weighted by Gasteiger charge is 2.54. The monoisotopic (exact) mass is 273 g/mol. The normalized spacial score (nSPS) is 36.9. The van der Waals surface area contributed by atoms with E-state index in [-0.39, 0.29) is 12.1 Å². The highest BCUT2D eigenvalue weighted by Crippen LogP contribution is 2.38. The van der Waals surface area contributed by atoms with Gasteiger partial charge in [0.2, 0.25) is 0 Å². The summed E-state index contributed by atoms with van der Waals surface area (Å²) in [6, 6.07) is -0.295. The Labute approximate surface area is 113 Å². The van der Waals surface area contributed by atoms with E-state index in [2.05, 4.69) is 5.32 Å². The first kappa shape index (κ1) is 14.6. The molecule has 2 N–H and O–H groups in total. The van der Waals surface area contributed by atoms with Gasteiger partial charge in [0.25, 0.3) is 0 Å². The molecule has 1 saturated carbocycles. The van der Waals surface area contributed by atoms with E-state index in [0.717, 1.165) is 0 Å². The van der Waals surface area contributed by atoms with Gasteiger partial charge in [-0.3, -0.25) is 0 Å². The molecule has 1 amide bonds. The zero-order chi connectivity index (χ0) is 14.4. The minimum Gasteiger partial charge on any atom is -0.444 e. The summed E-state index contributed by atoms with van der Waals surface area (Å²) in [5, 5.41) is 12.7. The average Bonchev–Trinajstić information content (AvgIpc) is 2.61. The van der Waals surface area contributed by atoms with Crippen molar-refractivity contribution in [3.8, 4) is 0 Å². The summed E-state index contributed by atoms with van der Waals surface area (Å²) in [6.45, 7) is 9.00. The van der Waals surface area contributed by atoms with Crippen LogP contribution in [0.3, 0.4) is 0 Å². The predicted octanol–water partition coefficient (Wildman–Crippen LogP) is 1.16. The van der Waals surface area contributed by atoms with Gasteiger partial charge in [-0.1, -0.05) is 0 Å². The molecule has 0 unspecified atom stereocenters. The van der Waals surface area contributed by atoms with Crippen LogP contribution < -0.4 is 5.32 Å². The van der Waals surface area contributed by atoms with Crippen LogP contribution in [0, 0.1) is 0 Å². The minimum atomic E-state index is -0.732. The van der Waals surface area contributed by atoms with Gasteiger partial charge in [-0.2, -0.15) is 0 Å². The van der Waals surface area contributed by atoms with Crippen molar-refractivity contribution < 1.29 is 24.1 Å². The fourth-order valence-corrected chi connectivity index (χ4v) is 2.55. The van der Waals surface area contributed by atoms with E-state index in [1.807, 2.05) is 0 Å². The molecule has 1 aliphatic carbocycles. The molecule has 0 radical (unpaired) electrons. The molecule has 0 spiro atoms.